The van der Waals surface area contributed by atoms with Gasteiger partial charge in [0.2, 0.25) is 0 Å². The van der Waals surface area contributed by atoms with Crippen molar-refractivity contribution in [2.75, 3.05) is 0 Å². The summed E-state index contributed by atoms with van der Waals surface area (Å²) in [5.74, 6) is -2.52. The molecule has 1 nitrogen and oxygen atoms in total. The van der Waals surface area contributed by atoms with Gasteiger partial charge in [0, 0.05) is 11.4 Å². The monoisotopic (exact) mass is 90.1 g/mol. The topological polar surface area (TPSA) is 17.1 Å². The van der Waals surface area contributed by atoms with Crippen LogP contribution in [0.3, 0.4) is 0 Å². The number of rotatable bonds is 1. The Balaban J connectivity index is 4.40. The third-order valence-electron chi connectivity index (χ3n) is 0.454. The van der Waals surface area contributed by atoms with Crippen molar-refractivity contribution in [3.63, 3.8) is 0 Å². The summed E-state index contributed by atoms with van der Waals surface area (Å²) >= 11 is 0. The lowest BCUT2D eigenvalue weighted by Gasteiger charge is -1.90. The Hall–Kier alpha value is -0.330. The van der Waals surface area contributed by atoms with Gasteiger partial charge in [-0.25, -0.2) is 0 Å². The molecule has 0 atom stereocenters. The molecule has 0 heterocycles. The van der Waals surface area contributed by atoms with Crippen molar-refractivity contribution in [2.45, 2.75) is 20.7 Å². The number of carbonyl (C=O) groups is 1. The fourth-order valence-corrected chi connectivity index (χ4v) is 0. The van der Waals surface area contributed by atoms with Gasteiger partial charge >= 0.3 is 0 Å². The predicted molar refractivity (Wildman–Crippen MR) is 25.5 cm³/mol. The summed E-state index contributed by atoms with van der Waals surface area (Å²) in [5.41, 5.74) is 0. The molecule has 0 aromatic heterocycles. The normalized spacial score (nSPS) is 23.0. The lowest BCUT2D eigenvalue weighted by Crippen LogP contribution is -1.98. The second-order valence-corrected chi connectivity index (χ2v) is 1.33. The van der Waals surface area contributed by atoms with Crippen molar-refractivity contribution in [3.8, 4) is 0 Å². The maximum absolute atomic E-state index is 10.7. The van der Waals surface area contributed by atoms with Gasteiger partial charge in [0.1, 0.15) is 5.78 Å². The molecule has 0 bridgehead atoms. The van der Waals surface area contributed by atoms with E-state index in [1.165, 1.54) is 13.8 Å². The highest BCUT2D eigenvalue weighted by Gasteiger charge is 1.94. The lowest BCUT2D eigenvalue weighted by atomic mass is 10.1. The van der Waals surface area contributed by atoms with E-state index in [-0.39, 0.29) is 0 Å². The van der Waals surface area contributed by atoms with E-state index in [2.05, 4.69) is 0 Å². The van der Waals surface area contributed by atoms with Crippen molar-refractivity contribution in [3.05, 3.63) is 0 Å². The molecule has 0 amide bonds. The van der Waals surface area contributed by atoms with Gasteiger partial charge in [0.25, 0.3) is 0 Å². The summed E-state index contributed by atoms with van der Waals surface area (Å²) in [5, 5.41) is 0. The smallest absolute Gasteiger partial charge is 0.132 e. The highest BCUT2D eigenvalue weighted by atomic mass is 16.1. The van der Waals surface area contributed by atoms with Gasteiger partial charge in [-0.3, -0.25) is 4.79 Å². The van der Waals surface area contributed by atoms with E-state index >= 15 is 0 Å². The first-order valence-electron chi connectivity index (χ1n) is 3.70. The number of ketones is 1. The van der Waals surface area contributed by atoms with Crippen LogP contribution in [0, 0.1) is 5.89 Å². The van der Waals surface area contributed by atoms with E-state index in [0.717, 1.165) is 0 Å². The lowest BCUT2D eigenvalue weighted by molar-refractivity contribution is -0.119. The minimum absolute atomic E-state index is 1.01. The van der Waals surface area contributed by atoms with Gasteiger partial charge in [-0.2, -0.15) is 0 Å². The van der Waals surface area contributed by atoms with E-state index in [9.17, 15) is 4.79 Å². The van der Waals surface area contributed by atoms with Gasteiger partial charge in [-0.15, -0.1) is 0 Å². The Morgan fingerprint density at radius 3 is 2.50 bits per heavy atom. The molecule has 0 saturated carbocycles. The van der Waals surface area contributed by atoms with Gasteiger partial charge < -0.3 is 0 Å². The van der Waals surface area contributed by atoms with E-state index in [0.29, 0.717) is 0 Å². The van der Waals surface area contributed by atoms with Crippen molar-refractivity contribution < 1.29 is 10.3 Å². The first-order chi connectivity index (χ1) is 4.15. The summed E-state index contributed by atoms with van der Waals surface area (Å²) in [6.45, 7) is -0.103. The van der Waals surface area contributed by atoms with Crippen LogP contribution in [0.1, 0.15) is 26.2 Å². The summed E-state index contributed by atoms with van der Waals surface area (Å²) in [6.07, 6.45) is 0. The minimum Gasteiger partial charge on any atom is -0.300 e. The molecule has 0 spiro atoms. The molecule has 0 fully saturated rings. The Labute approximate surface area is 44.0 Å². The van der Waals surface area contributed by atoms with Crippen LogP contribution in [0.25, 0.3) is 0 Å². The summed E-state index contributed by atoms with van der Waals surface area (Å²) in [4.78, 5) is 10.7. The molecule has 0 radical (unpaired) electrons. The molecule has 0 aromatic carbocycles. The SMILES string of the molecule is [2H]C([2H])([2H])C(=O)C([2H])(C)C. The molecule has 0 N–H and O–H groups in total. The van der Waals surface area contributed by atoms with Crippen LogP contribution >= 0.6 is 0 Å². The first-order valence-corrected chi connectivity index (χ1v) is 1.70. The average molecular weight is 90.2 g/mol. The largest absolute Gasteiger partial charge is 0.300 e. The van der Waals surface area contributed by atoms with E-state index in [1.807, 2.05) is 0 Å². The van der Waals surface area contributed by atoms with E-state index in [1.54, 1.807) is 0 Å². The highest BCUT2D eigenvalue weighted by molar-refractivity contribution is 5.77. The molecule has 36 valence electrons. The van der Waals surface area contributed by atoms with Crippen LogP contribution in [0.15, 0.2) is 0 Å². The van der Waals surface area contributed by atoms with Crippen molar-refractivity contribution in [2.24, 2.45) is 5.89 Å². The number of hydrogen-bond acceptors (Lipinski definition) is 1. The third-order valence-corrected chi connectivity index (χ3v) is 0.454. The molecule has 0 aliphatic heterocycles. The number of carbonyl (C=O) groups excluding carboxylic acids is 1. The molecule has 0 unspecified atom stereocenters. The molecule has 1 heteroatoms. The van der Waals surface area contributed by atoms with Crippen LogP contribution in [-0.2, 0) is 4.79 Å². The molecule has 0 rings (SSSR count). The molecular weight excluding hydrogens is 76.1 g/mol. The molecular formula is C5H10O. The van der Waals surface area contributed by atoms with Gasteiger partial charge in [-0.05, 0) is 6.85 Å². The Bertz CT molecular complexity index is 125. The molecule has 6 heavy (non-hydrogen) atoms. The zero-order chi connectivity index (χ0) is 8.58. The fourth-order valence-electron chi connectivity index (χ4n) is 0. The zero-order valence-corrected chi connectivity index (χ0v) is 3.91. The van der Waals surface area contributed by atoms with E-state index in [4.69, 9.17) is 5.48 Å². The van der Waals surface area contributed by atoms with Crippen molar-refractivity contribution in [1.82, 2.24) is 0 Å². The predicted octanol–water partition coefficient (Wildman–Crippen LogP) is 1.23. The van der Waals surface area contributed by atoms with Crippen LogP contribution in [-0.4, -0.2) is 5.78 Å². The summed E-state index contributed by atoms with van der Waals surface area (Å²) in [7, 11) is 0. The van der Waals surface area contributed by atoms with Gasteiger partial charge in [-0.1, -0.05) is 13.8 Å². The molecule has 0 aliphatic carbocycles. The molecule has 0 aromatic rings. The standard InChI is InChI=1S/C5H10O/c1-4(2)5(3)6/h4H,1-3H3/i3D3,4D. The van der Waals surface area contributed by atoms with Gasteiger partial charge in [0.05, 0.1) is 0 Å². The second kappa shape index (κ2) is 1.96. The first kappa shape index (κ1) is 1.65. The zero-order valence-electron chi connectivity index (χ0n) is 7.91. The van der Waals surface area contributed by atoms with E-state index < -0.39 is 18.5 Å². The molecule has 0 aliphatic rings. The summed E-state index contributed by atoms with van der Waals surface area (Å²) < 4.78 is 27.1. The van der Waals surface area contributed by atoms with Gasteiger partial charge in [0.15, 0.2) is 0 Å². The van der Waals surface area contributed by atoms with Crippen molar-refractivity contribution >= 4 is 5.78 Å². The van der Waals surface area contributed by atoms with Crippen LogP contribution in [0.2, 0.25) is 0 Å². The molecule has 0 saturated heterocycles. The average Bonchev–Trinajstić information content (AvgIpc) is 1.59. The number of hydrogen-bond donors (Lipinski definition) is 0. The maximum atomic E-state index is 10.7. The van der Waals surface area contributed by atoms with Crippen LogP contribution < -0.4 is 0 Å². The Morgan fingerprint density at radius 1 is 2.00 bits per heavy atom. The Morgan fingerprint density at radius 2 is 2.50 bits per heavy atom. The van der Waals surface area contributed by atoms with Crippen LogP contribution in [0.4, 0.5) is 0 Å². The minimum atomic E-state index is -2.63. The third kappa shape index (κ3) is 1.94. The highest BCUT2D eigenvalue weighted by Crippen LogP contribution is 1.89. The number of Topliss-reactive ketones (excluding diaryl/α,β-unsaturated/α-hetero) is 1. The maximum Gasteiger partial charge on any atom is 0.132 e. The van der Waals surface area contributed by atoms with Crippen LogP contribution in [0.5, 0.6) is 0 Å². The fraction of sp³-hybridized carbons (Fsp3) is 0.800. The van der Waals surface area contributed by atoms with Crippen molar-refractivity contribution in [1.29, 1.82) is 0 Å². The second-order valence-electron chi connectivity index (χ2n) is 1.33. The quantitative estimate of drug-likeness (QED) is 0.473. The summed E-state index contributed by atoms with van der Waals surface area (Å²) in [6, 6.07) is 0. The Kier molecular flexibility index (Phi) is 0.536.